The van der Waals surface area contributed by atoms with Gasteiger partial charge >= 0.3 is 0 Å². The van der Waals surface area contributed by atoms with Gasteiger partial charge in [0.25, 0.3) is 0 Å². The summed E-state index contributed by atoms with van der Waals surface area (Å²) in [5, 5.41) is 0. The first-order chi connectivity index (χ1) is 8.79. The molecule has 1 aromatic rings. The lowest BCUT2D eigenvalue weighted by molar-refractivity contribution is -0.129. The largest absolute Gasteiger partial charge is 0.489 e. The standard InChI is InChI=1S/C14H19NO2S/c1-18-10-8-14(16)15-9-7-13(11-15)17-12-5-3-2-4-6-12/h2-6,13H,7-11H2,1H3/t13-/m0/s1. The Morgan fingerprint density at radius 2 is 2.22 bits per heavy atom. The van der Waals surface area contributed by atoms with Crippen LogP contribution >= 0.6 is 11.8 Å². The van der Waals surface area contributed by atoms with Crippen molar-refractivity contribution in [3.63, 3.8) is 0 Å². The Balaban J connectivity index is 1.80. The minimum atomic E-state index is 0.144. The third kappa shape index (κ3) is 3.67. The molecule has 3 nitrogen and oxygen atoms in total. The SMILES string of the molecule is CSCCC(=O)N1CC[C@H](Oc2ccccc2)C1. The summed E-state index contributed by atoms with van der Waals surface area (Å²) >= 11 is 1.71. The molecule has 0 spiro atoms. The monoisotopic (exact) mass is 265 g/mol. The molecular weight excluding hydrogens is 246 g/mol. The summed E-state index contributed by atoms with van der Waals surface area (Å²) in [7, 11) is 0. The molecule has 0 radical (unpaired) electrons. The van der Waals surface area contributed by atoms with Gasteiger partial charge in [0.15, 0.2) is 0 Å². The summed E-state index contributed by atoms with van der Waals surface area (Å²) in [5.74, 6) is 2.05. The number of ether oxygens (including phenoxy) is 1. The van der Waals surface area contributed by atoms with E-state index in [4.69, 9.17) is 4.74 Å². The normalized spacial score (nSPS) is 18.9. The van der Waals surface area contributed by atoms with Crippen LogP contribution in [0.3, 0.4) is 0 Å². The van der Waals surface area contributed by atoms with E-state index < -0.39 is 0 Å². The number of rotatable bonds is 5. The van der Waals surface area contributed by atoms with Crippen LogP contribution in [0.2, 0.25) is 0 Å². The summed E-state index contributed by atoms with van der Waals surface area (Å²) < 4.78 is 5.86. The van der Waals surface area contributed by atoms with Crippen LogP contribution in [-0.4, -0.2) is 42.0 Å². The second-order valence-electron chi connectivity index (χ2n) is 4.42. The number of thioether (sulfide) groups is 1. The van der Waals surface area contributed by atoms with Crippen molar-refractivity contribution in [1.82, 2.24) is 4.90 Å². The molecule has 1 fully saturated rings. The molecule has 98 valence electrons. The van der Waals surface area contributed by atoms with E-state index in [-0.39, 0.29) is 12.0 Å². The Morgan fingerprint density at radius 3 is 2.94 bits per heavy atom. The fourth-order valence-corrected chi connectivity index (χ4v) is 2.47. The molecule has 1 amide bonds. The Bertz CT molecular complexity index is 383. The number of benzene rings is 1. The van der Waals surface area contributed by atoms with Gasteiger partial charge in [-0.3, -0.25) is 4.79 Å². The van der Waals surface area contributed by atoms with Gasteiger partial charge in [-0.05, 0) is 18.4 Å². The van der Waals surface area contributed by atoms with Gasteiger partial charge in [-0.2, -0.15) is 11.8 Å². The molecule has 1 heterocycles. The van der Waals surface area contributed by atoms with E-state index in [1.807, 2.05) is 41.5 Å². The van der Waals surface area contributed by atoms with E-state index in [0.29, 0.717) is 6.42 Å². The first-order valence-corrected chi connectivity index (χ1v) is 7.67. The highest BCUT2D eigenvalue weighted by molar-refractivity contribution is 7.98. The molecule has 1 aliphatic rings. The lowest BCUT2D eigenvalue weighted by Crippen LogP contribution is -2.31. The minimum Gasteiger partial charge on any atom is -0.489 e. The number of amides is 1. The third-order valence-electron chi connectivity index (χ3n) is 3.06. The summed E-state index contributed by atoms with van der Waals surface area (Å²) in [5.41, 5.74) is 0. The van der Waals surface area contributed by atoms with Crippen molar-refractivity contribution in [3.05, 3.63) is 30.3 Å². The van der Waals surface area contributed by atoms with Crippen LogP contribution in [0.15, 0.2) is 30.3 Å². The molecule has 0 aliphatic carbocycles. The van der Waals surface area contributed by atoms with Crippen molar-refractivity contribution in [2.75, 3.05) is 25.1 Å². The van der Waals surface area contributed by atoms with E-state index in [9.17, 15) is 4.79 Å². The molecular formula is C14H19NO2S. The van der Waals surface area contributed by atoms with Gasteiger partial charge in [-0.25, -0.2) is 0 Å². The summed E-state index contributed by atoms with van der Waals surface area (Å²) in [6, 6.07) is 9.81. The van der Waals surface area contributed by atoms with Gasteiger partial charge < -0.3 is 9.64 Å². The number of nitrogens with zero attached hydrogens (tertiary/aromatic N) is 1. The van der Waals surface area contributed by atoms with Gasteiger partial charge in [-0.1, -0.05) is 18.2 Å². The highest BCUT2D eigenvalue weighted by Crippen LogP contribution is 2.18. The molecule has 0 aromatic heterocycles. The van der Waals surface area contributed by atoms with Crippen molar-refractivity contribution in [1.29, 1.82) is 0 Å². The van der Waals surface area contributed by atoms with Crippen LogP contribution in [0, 0.1) is 0 Å². The van der Waals surface area contributed by atoms with E-state index in [0.717, 1.165) is 31.0 Å². The highest BCUT2D eigenvalue weighted by Gasteiger charge is 2.26. The number of para-hydroxylation sites is 1. The van der Waals surface area contributed by atoms with Crippen LogP contribution in [0.25, 0.3) is 0 Å². The van der Waals surface area contributed by atoms with Crippen molar-refractivity contribution in [3.8, 4) is 5.75 Å². The lowest BCUT2D eigenvalue weighted by atomic mass is 10.3. The van der Waals surface area contributed by atoms with Crippen molar-refractivity contribution in [2.45, 2.75) is 18.9 Å². The first kappa shape index (κ1) is 13.3. The van der Waals surface area contributed by atoms with Gasteiger partial charge in [0.2, 0.25) is 5.91 Å². The number of carbonyl (C=O) groups excluding carboxylic acids is 1. The highest BCUT2D eigenvalue weighted by atomic mass is 32.2. The van der Waals surface area contributed by atoms with E-state index in [1.165, 1.54) is 0 Å². The molecule has 0 bridgehead atoms. The second-order valence-corrected chi connectivity index (χ2v) is 5.41. The molecule has 1 aliphatic heterocycles. The molecule has 1 aromatic carbocycles. The maximum absolute atomic E-state index is 11.9. The van der Waals surface area contributed by atoms with Crippen LogP contribution in [0.4, 0.5) is 0 Å². The van der Waals surface area contributed by atoms with E-state index in [1.54, 1.807) is 11.8 Å². The molecule has 0 unspecified atom stereocenters. The minimum absolute atomic E-state index is 0.144. The quantitative estimate of drug-likeness (QED) is 0.819. The van der Waals surface area contributed by atoms with Crippen molar-refractivity contribution >= 4 is 17.7 Å². The fourth-order valence-electron chi connectivity index (χ4n) is 2.09. The van der Waals surface area contributed by atoms with Gasteiger partial charge in [0, 0.05) is 25.1 Å². The molecule has 4 heteroatoms. The number of carbonyl (C=O) groups is 1. The number of hydrogen-bond donors (Lipinski definition) is 0. The average Bonchev–Trinajstić information content (AvgIpc) is 2.86. The Morgan fingerprint density at radius 1 is 1.44 bits per heavy atom. The van der Waals surface area contributed by atoms with Crippen LogP contribution in [-0.2, 0) is 4.79 Å². The van der Waals surface area contributed by atoms with E-state index >= 15 is 0 Å². The van der Waals surface area contributed by atoms with Crippen LogP contribution in [0.1, 0.15) is 12.8 Å². The maximum atomic E-state index is 11.9. The molecule has 18 heavy (non-hydrogen) atoms. The topological polar surface area (TPSA) is 29.5 Å². The predicted molar refractivity (Wildman–Crippen MR) is 75.1 cm³/mol. The molecule has 0 N–H and O–H groups in total. The molecule has 0 saturated carbocycles. The third-order valence-corrected chi connectivity index (χ3v) is 3.68. The number of hydrogen-bond acceptors (Lipinski definition) is 3. The van der Waals surface area contributed by atoms with Crippen LogP contribution < -0.4 is 4.74 Å². The number of likely N-dealkylation sites (tertiary alicyclic amines) is 1. The van der Waals surface area contributed by atoms with Gasteiger partial charge in [0.05, 0.1) is 6.54 Å². The lowest BCUT2D eigenvalue weighted by Gasteiger charge is -2.17. The maximum Gasteiger partial charge on any atom is 0.223 e. The Labute approximate surface area is 113 Å². The zero-order valence-electron chi connectivity index (χ0n) is 10.7. The smallest absolute Gasteiger partial charge is 0.223 e. The van der Waals surface area contributed by atoms with Crippen molar-refractivity contribution in [2.24, 2.45) is 0 Å². The summed E-state index contributed by atoms with van der Waals surface area (Å²) in [6.45, 7) is 1.55. The zero-order valence-corrected chi connectivity index (χ0v) is 11.5. The molecule has 1 saturated heterocycles. The van der Waals surface area contributed by atoms with E-state index in [2.05, 4.69) is 0 Å². The molecule has 2 rings (SSSR count). The fraction of sp³-hybridized carbons (Fsp3) is 0.500. The zero-order chi connectivity index (χ0) is 12.8. The summed E-state index contributed by atoms with van der Waals surface area (Å²) in [4.78, 5) is 13.8. The second kappa shape index (κ2) is 6.69. The van der Waals surface area contributed by atoms with Crippen LogP contribution in [0.5, 0.6) is 5.75 Å². The van der Waals surface area contributed by atoms with Gasteiger partial charge in [0.1, 0.15) is 11.9 Å². The Hall–Kier alpha value is -1.16. The van der Waals surface area contributed by atoms with Crippen molar-refractivity contribution < 1.29 is 9.53 Å². The molecule has 1 atom stereocenters. The first-order valence-electron chi connectivity index (χ1n) is 6.28. The predicted octanol–water partition coefficient (Wildman–Crippen LogP) is 2.42. The summed E-state index contributed by atoms with van der Waals surface area (Å²) in [6.07, 6.45) is 3.74. The van der Waals surface area contributed by atoms with Gasteiger partial charge in [-0.15, -0.1) is 0 Å². The Kier molecular flexibility index (Phi) is 4.93. The average molecular weight is 265 g/mol.